The molecule has 0 spiro atoms. The van der Waals surface area contributed by atoms with E-state index in [2.05, 4.69) is 4.72 Å². The van der Waals surface area contributed by atoms with Gasteiger partial charge in [0.15, 0.2) is 11.4 Å². The summed E-state index contributed by atoms with van der Waals surface area (Å²) in [5.41, 5.74) is -1.40. The largest absolute Gasteiger partial charge is 0.502 e. The SMILES string of the molecule is Cn1c(CNS(=O)(=O)c2ccccc2)cc(=O)c(O)c1C(=O)O. The van der Waals surface area contributed by atoms with Crippen LogP contribution in [0.25, 0.3) is 0 Å². The minimum atomic E-state index is -3.81. The fourth-order valence-electron chi connectivity index (χ4n) is 2.00. The third kappa shape index (κ3) is 3.41. The molecule has 0 bridgehead atoms. The van der Waals surface area contributed by atoms with E-state index in [-0.39, 0.29) is 17.1 Å². The summed E-state index contributed by atoms with van der Waals surface area (Å²) >= 11 is 0. The number of carbonyl (C=O) groups is 1. The van der Waals surface area contributed by atoms with E-state index >= 15 is 0 Å². The van der Waals surface area contributed by atoms with Gasteiger partial charge in [-0.1, -0.05) is 18.2 Å². The lowest BCUT2D eigenvalue weighted by Gasteiger charge is -2.14. The quantitative estimate of drug-likeness (QED) is 0.718. The lowest BCUT2D eigenvalue weighted by Crippen LogP contribution is -2.27. The van der Waals surface area contributed by atoms with Gasteiger partial charge in [0.25, 0.3) is 0 Å². The molecule has 9 heteroatoms. The van der Waals surface area contributed by atoms with Crippen molar-refractivity contribution in [1.29, 1.82) is 0 Å². The molecule has 3 N–H and O–H groups in total. The number of nitrogens with one attached hydrogen (secondary N) is 1. The van der Waals surface area contributed by atoms with E-state index in [1.54, 1.807) is 18.2 Å². The highest BCUT2D eigenvalue weighted by molar-refractivity contribution is 7.89. The highest BCUT2D eigenvalue weighted by Crippen LogP contribution is 2.14. The van der Waals surface area contributed by atoms with Crippen molar-refractivity contribution in [3.8, 4) is 5.75 Å². The summed E-state index contributed by atoms with van der Waals surface area (Å²) in [6.45, 7) is -0.302. The smallest absolute Gasteiger partial charge is 0.356 e. The highest BCUT2D eigenvalue weighted by Gasteiger charge is 2.20. The number of nitrogens with zero attached hydrogens (tertiary/aromatic N) is 1. The van der Waals surface area contributed by atoms with Gasteiger partial charge in [0, 0.05) is 18.8 Å². The Kier molecular flexibility index (Phi) is 4.52. The number of aromatic hydroxyl groups is 1. The van der Waals surface area contributed by atoms with E-state index in [1.165, 1.54) is 19.2 Å². The van der Waals surface area contributed by atoms with Crippen molar-refractivity contribution < 1.29 is 23.4 Å². The summed E-state index contributed by atoms with van der Waals surface area (Å²) in [6.07, 6.45) is 0. The number of rotatable bonds is 5. The minimum absolute atomic E-state index is 0.0437. The van der Waals surface area contributed by atoms with Gasteiger partial charge in [-0.05, 0) is 12.1 Å². The number of carboxylic acid groups (broad SMARTS) is 1. The molecule has 1 aromatic carbocycles. The monoisotopic (exact) mass is 338 g/mol. The van der Waals surface area contributed by atoms with Crippen molar-refractivity contribution >= 4 is 16.0 Å². The maximum atomic E-state index is 12.1. The summed E-state index contributed by atoms with van der Waals surface area (Å²) in [6, 6.07) is 8.58. The highest BCUT2D eigenvalue weighted by atomic mass is 32.2. The molecular weight excluding hydrogens is 324 g/mol. The van der Waals surface area contributed by atoms with Crippen LogP contribution in [0.5, 0.6) is 5.75 Å². The maximum Gasteiger partial charge on any atom is 0.356 e. The molecule has 2 aromatic rings. The first-order valence-electron chi connectivity index (χ1n) is 6.44. The Labute approximate surface area is 131 Å². The zero-order chi connectivity index (χ0) is 17.2. The summed E-state index contributed by atoms with van der Waals surface area (Å²) in [7, 11) is -2.49. The van der Waals surface area contributed by atoms with E-state index in [4.69, 9.17) is 5.11 Å². The van der Waals surface area contributed by atoms with E-state index < -0.39 is 32.9 Å². The molecule has 23 heavy (non-hydrogen) atoms. The molecule has 0 saturated heterocycles. The van der Waals surface area contributed by atoms with Crippen LogP contribution >= 0.6 is 0 Å². The third-order valence-corrected chi connectivity index (χ3v) is 4.64. The van der Waals surface area contributed by atoms with E-state index in [9.17, 15) is 23.1 Å². The number of sulfonamides is 1. The number of aromatic nitrogens is 1. The van der Waals surface area contributed by atoms with Crippen molar-refractivity contribution in [2.75, 3.05) is 0 Å². The van der Waals surface area contributed by atoms with Gasteiger partial charge < -0.3 is 14.8 Å². The zero-order valence-corrected chi connectivity index (χ0v) is 12.9. The molecule has 0 saturated carbocycles. The van der Waals surface area contributed by atoms with E-state index in [0.29, 0.717) is 0 Å². The lowest BCUT2D eigenvalue weighted by molar-refractivity contribution is 0.0681. The van der Waals surface area contributed by atoms with Gasteiger partial charge in [-0.15, -0.1) is 0 Å². The zero-order valence-electron chi connectivity index (χ0n) is 12.1. The minimum Gasteiger partial charge on any atom is -0.502 e. The number of pyridine rings is 1. The van der Waals surface area contributed by atoms with Gasteiger partial charge in [0.2, 0.25) is 15.5 Å². The first-order chi connectivity index (χ1) is 10.7. The molecular formula is C14H14N2O6S. The molecule has 0 aliphatic heterocycles. The average molecular weight is 338 g/mol. The first-order valence-corrected chi connectivity index (χ1v) is 7.92. The topological polar surface area (TPSA) is 126 Å². The van der Waals surface area contributed by atoms with Crippen LogP contribution in [0.2, 0.25) is 0 Å². The molecule has 0 radical (unpaired) electrons. The van der Waals surface area contributed by atoms with Crippen LogP contribution < -0.4 is 10.2 Å². The van der Waals surface area contributed by atoms with E-state index in [1.807, 2.05) is 0 Å². The molecule has 0 fully saturated rings. The van der Waals surface area contributed by atoms with Crippen LogP contribution in [0.3, 0.4) is 0 Å². The molecule has 1 heterocycles. The second kappa shape index (κ2) is 6.23. The number of benzene rings is 1. The summed E-state index contributed by atoms with van der Waals surface area (Å²) in [5, 5.41) is 18.6. The van der Waals surface area contributed by atoms with Gasteiger partial charge in [0.05, 0.1) is 11.4 Å². The molecule has 2 rings (SSSR count). The Morgan fingerprint density at radius 1 is 1.26 bits per heavy atom. The van der Waals surface area contributed by atoms with Crippen molar-refractivity contribution in [2.24, 2.45) is 7.05 Å². The van der Waals surface area contributed by atoms with Crippen molar-refractivity contribution in [1.82, 2.24) is 9.29 Å². The van der Waals surface area contributed by atoms with Gasteiger partial charge in [-0.25, -0.2) is 17.9 Å². The molecule has 0 aliphatic carbocycles. The third-order valence-electron chi connectivity index (χ3n) is 3.22. The fourth-order valence-corrected chi connectivity index (χ4v) is 3.02. The van der Waals surface area contributed by atoms with Crippen molar-refractivity contribution in [2.45, 2.75) is 11.4 Å². The first kappa shape index (κ1) is 16.7. The Morgan fingerprint density at radius 2 is 1.87 bits per heavy atom. The van der Waals surface area contributed by atoms with Gasteiger partial charge in [-0.3, -0.25) is 4.79 Å². The molecule has 1 aromatic heterocycles. The van der Waals surface area contributed by atoms with Crippen LogP contribution in [0, 0.1) is 0 Å². The number of hydrogen-bond acceptors (Lipinski definition) is 5. The predicted molar refractivity (Wildman–Crippen MR) is 80.8 cm³/mol. The Bertz CT molecular complexity index is 903. The van der Waals surface area contributed by atoms with Crippen molar-refractivity contribution in [3.05, 3.63) is 58.0 Å². The second-order valence-electron chi connectivity index (χ2n) is 4.70. The number of hydrogen-bond donors (Lipinski definition) is 3. The van der Waals surface area contributed by atoms with Crippen molar-refractivity contribution in [3.63, 3.8) is 0 Å². The molecule has 0 unspecified atom stereocenters. The summed E-state index contributed by atoms with van der Waals surface area (Å²) in [5.74, 6) is -2.38. The Hall–Kier alpha value is -2.65. The number of carboxylic acids is 1. The van der Waals surface area contributed by atoms with E-state index in [0.717, 1.165) is 10.6 Å². The Morgan fingerprint density at radius 3 is 2.43 bits per heavy atom. The molecule has 122 valence electrons. The lowest BCUT2D eigenvalue weighted by atomic mass is 10.2. The van der Waals surface area contributed by atoms with Crippen LogP contribution in [0.15, 0.2) is 46.1 Å². The van der Waals surface area contributed by atoms with Gasteiger partial charge >= 0.3 is 5.97 Å². The summed E-state index contributed by atoms with van der Waals surface area (Å²) in [4.78, 5) is 22.8. The van der Waals surface area contributed by atoms with Gasteiger partial charge in [-0.2, -0.15) is 0 Å². The predicted octanol–water partition coefficient (Wildman–Crippen LogP) is 0.268. The fraction of sp³-hybridized carbons (Fsp3) is 0.143. The molecule has 0 aliphatic rings. The van der Waals surface area contributed by atoms with Gasteiger partial charge in [0.1, 0.15) is 0 Å². The number of aromatic carboxylic acids is 1. The van der Waals surface area contributed by atoms with Crippen LogP contribution in [0.4, 0.5) is 0 Å². The molecule has 0 amide bonds. The second-order valence-corrected chi connectivity index (χ2v) is 6.47. The molecule has 0 atom stereocenters. The normalized spacial score (nSPS) is 11.3. The Balaban J connectivity index is 2.35. The standard InChI is InChI=1S/C14H14N2O6S/c1-16-9(7-11(17)13(18)12(16)14(19)20)8-15-23(21,22)10-5-3-2-4-6-10/h2-7,15,18H,8H2,1H3,(H,19,20). The molecule has 8 nitrogen and oxygen atoms in total. The maximum absolute atomic E-state index is 12.1. The summed E-state index contributed by atoms with van der Waals surface area (Å²) < 4.78 is 27.6. The van der Waals surface area contributed by atoms with Crippen LogP contribution in [0.1, 0.15) is 16.2 Å². The van der Waals surface area contributed by atoms with Crippen LogP contribution in [-0.4, -0.2) is 29.2 Å². The average Bonchev–Trinajstić information content (AvgIpc) is 2.50. The van der Waals surface area contributed by atoms with Crippen LogP contribution in [-0.2, 0) is 23.6 Å².